The molecule has 2 heterocycles. The van der Waals surface area contributed by atoms with Crippen molar-refractivity contribution in [3.05, 3.63) is 34.8 Å². The summed E-state index contributed by atoms with van der Waals surface area (Å²) in [6, 6.07) is 0. The quantitative estimate of drug-likeness (QED) is 0.111. The Labute approximate surface area is 322 Å². The number of nitrogens with two attached hydrogens (primary N) is 1. The van der Waals surface area contributed by atoms with Gasteiger partial charge >= 0.3 is 0 Å². The Morgan fingerprint density at radius 3 is 2.57 bits per heavy atom. The van der Waals surface area contributed by atoms with Gasteiger partial charge in [-0.25, -0.2) is 0 Å². The molecule has 14 atom stereocenters. The van der Waals surface area contributed by atoms with Gasteiger partial charge < -0.3 is 51.7 Å². The number of aliphatic hydroxyl groups excluding tert-OH is 4. The number of Topliss-reactive ketones (excluding diaryl/α,β-unsaturated/α-hetero) is 1. The van der Waals surface area contributed by atoms with E-state index < -0.39 is 64.4 Å². The number of ketones is 1. The Bertz CT molecular complexity index is 1460. The van der Waals surface area contributed by atoms with Gasteiger partial charge in [0.25, 0.3) is 0 Å². The minimum Gasteiger partial charge on any atom is -0.392 e. The van der Waals surface area contributed by atoms with Crippen LogP contribution in [0.25, 0.3) is 0 Å². The van der Waals surface area contributed by atoms with Gasteiger partial charge in [0.15, 0.2) is 5.78 Å². The molecule has 54 heavy (non-hydrogen) atoms. The minimum absolute atomic E-state index is 0.0734. The molecule has 0 spiro atoms. The first-order valence-corrected chi connectivity index (χ1v) is 21.2. The number of hydrogen-bond acceptors (Lipinski definition) is 11. The van der Waals surface area contributed by atoms with E-state index in [1.54, 1.807) is 13.8 Å². The molecule has 11 nitrogen and oxygen atoms in total. The molecule has 6 rings (SSSR count). The van der Waals surface area contributed by atoms with Crippen molar-refractivity contribution in [3.8, 4) is 0 Å². The number of nitrogens with one attached hydrogen (secondary N) is 2. The average molecular weight is 758 g/mol. The molecule has 10 N–H and O–H groups in total. The lowest BCUT2D eigenvalue weighted by atomic mass is 9.43. The van der Waals surface area contributed by atoms with E-state index >= 15 is 0 Å². The molecular formula is C43H71N3O8. The molecule has 0 bridgehead atoms. The van der Waals surface area contributed by atoms with Crippen LogP contribution in [0.1, 0.15) is 125 Å². The lowest BCUT2D eigenvalue weighted by Gasteiger charge is -2.62. The molecule has 0 aromatic carbocycles. The number of aliphatic hydroxyl groups is 6. The van der Waals surface area contributed by atoms with Gasteiger partial charge in [0.05, 0.1) is 53.7 Å². The van der Waals surface area contributed by atoms with Crippen molar-refractivity contribution >= 4 is 5.78 Å². The molecular weight excluding hydrogens is 686 g/mol. The number of dihydropyridines is 1. The number of ether oxygens (including phenoxy) is 1. The number of allylic oxidation sites excluding steroid dienone is 3. The normalized spacial score (nSPS) is 41.5. The van der Waals surface area contributed by atoms with Crippen molar-refractivity contribution < 1.29 is 40.2 Å². The number of hydrogen-bond donors (Lipinski definition) is 9. The van der Waals surface area contributed by atoms with Crippen LogP contribution in [-0.4, -0.2) is 97.8 Å². The van der Waals surface area contributed by atoms with Gasteiger partial charge in [0.1, 0.15) is 6.10 Å². The van der Waals surface area contributed by atoms with E-state index in [0.717, 1.165) is 31.3 Å². The molecule has 306 valence electrons. The van der Waals surface area contributed by atoms with Crippen molar-refractivity contribution in [3.63, 3.8) is 0 Å². The molecule has 4 fully saturated rings. The summed E-state index contributed by atoms with van der Waals surface area (Å²) in [4.78, 5) is 14.9. The highest BCUT2D eigenvalue weighted by Crippen LogP contribution is 2.70. The lowest BCUT2D eigenvalue weighted by molar-refractivity contribution is -0.196. The zero-order valence-corrected chi connectivity index (χ0v) is 33.5. The molecule has 0 amide bonds. The van der Waals surface area contributed by atoms with E-state index in [9.17, 15) is 35.4 Å². The summed E-state index contributed by atoms with van der Waals surface area (Å²) < 4.78 is 6.26. The zero-order chi connectivity index (χ0) is 39.2. The molecule has 3 saturated carbocycles. The van der Waals surface area contributed by atoms with Gasteiger partial charge in [-0.2, -0.15) is 0 Å². The van der Waals surface area contributed by atoms with E-state index in [1.165, 1.54) is 19.3 Å². The van der Waals surface area contributed by atoms with Gasteiger partial charge in [-0.15, -0.1) is 0 Å². The van der Waals surface area contributed by atoms with Gasteiger partial charge in [-0.1, -0.05) is 52.5 Å². The monoisotopic (exact) mass is 758 g/mol. The summed E-state index contributed by atoms with van der Waals surface area (Å²) in [7, 11) is 0. The van der Waals surface area contributed by atoms with E-state index in [-0.39, 0.29) is 37.0 Å². The second-order valence-corrected chi connectivity index (χ2v) is 18.8. The molecule has 0 aromatic rings. The standard InChI is InChI=1S/C43H71N3O8/c1-6-7-8-9-12-28-24-54-38(26(28)3)39(51)41(5,52)33-14-18-43(53)35-29(13-17-40(33,43)4)42(16-10-11-27-15-19-45-34(44)20-27)22-32(49)31(48)21-30(42)37(50)36(35)46-23-25(2)47/h15,20,25-26,28-33,38-39,45-49,51-53H,6-14,16-19,21-24,44H2,1-5H3. The summed E-state index contributed by atoms with van der Waals surface area (Å²) in [5.74, 6) is -0.531. The zero-order valence-electron chi connectivity index (χ0n) is 33.5. The van der Waals surface area contributed by atoms with Crippen LogP contribution in [0.3, 0.4) is 0 Å². The van der Waals surface area contributed by atoms with Crippen LogP contribution in [0.4, 0.5) is 0 Å². The van der Waals surface area contributed by atoms with Crippen LogP contribution in [0.15, 0.2) is 34.8 Å². The number of rotatable bonds is 15. The number of carbonyl (C=O) groups is 1. The molecule has 0 aromatic heterocycles. The Hall–Kier alpha value is -1.99. The third-order valence-electron chi connectivity index (χ3n) is 15.5. The molecule has 11 heteroatoms. The third-order valence-corrected chi connectivity index (χ3v) is 15.5. The first kappa shape index (κ1) is 41.6. The second kappa shape index (κ2) is 16.1. The molecule has 14 unspecified atom stereocenters. The summed E-state index contributed by atoms with van der Waals surface area (Å²) in [5, 5.41) is 76.9. The summed E-state index contributed by atoms with van der Waals surface area (Å²) in [6.07, 6.45) is 9.65. The maximum absolute atomic E-state index is 14.9. The van der Waals surface area contributed by atoms with Gasteiger partial charge in [-0.05, 0) is 124 Å². The fraction of sp³-hybridized carbons (Fsp3) is 0.837. The van der Waals surface area contributed by atoms with E-state index in [4.69, 9.17) is 10.5 Å². The minimum atomic E-state index is -1.59. The van der Waals surface area contributed by atoms with Crippen LogP contribution in [0.2, 0.25) is 0 Å². The first-order chi connectivity index (χ1) is 25.5. The third kappa shape index (κ3) is 7.22. The van der Waals surface area contributed by atoms with Crippen LogP contribution < -0.4 is 16.4 Å². The smallest absolute Gasteiger partial charge is 0.182 e. The van der Waals surface area contributed by atoms with Crippen molar-refractivity contribution in [1.82, 2.24) is 10.6 Å². The Morgan fingerprint density at radius 2 is 1.87 bits per heavy atom. The van der Waals surface area contributed by atoms with Gasteiger partial charge in [-0.3, -0.25) is 4.79 Å². The van der Waals surface area contributed by atoms with Crippen molar-refractivity contribution in [1.29, 1.82) is 0 Å². The Morgan fingerprint density at radius 1 is 1.11 bits per heavy atom. The number of unbranched alkanes of at least 4 members (excludes halogenated alkanes) is 3. The van der Waals surface area contributed by atoms with Gasteiger partial charge in [0, 0.05) is 24.4 Å². The average Bonchev–Trinajstić information content (AvgIpc) is 3.62. The fourth-order valence-corrected chi connectivity index (χ4v) is 12.4. The summed E-state index contributed by atoms with van der Waals surface area (Å²) in [6.45, 7) is 11.0. The Kier molecular flexibility index (Phi) is 12.4. The predicted molar refractivity (Wildman–Crippen MR) is 207 cm³/mol. The van der Waals surface area contributed by atoms with Crippen LogP contribution >= 0.6 is 0 Å². The van der Waals surface area contributed by atoms with E-state index in [1.807, 2.05) is 13.0 Å². The predicted octanol–water partition coefficient (Wildman–Crippen LogP) is 3.70. The van der Waals surface area contributed by atoms with Crippen LogP contribution in [-0.2, 0) is 9.53 Å². The molecule has 1 saturated heterocycles. The largest absolute Gasteiger partial charge is 0.392 e. The maximum atomic E-state index is 14.9. The number of carbonyl (C=O) groups excluding carboxylic acids is 1. The maximum Gasteiger partial charge on any atom is 0.182 e. The fourth-order valence-electron chi connectivity index (χ4n) is 12.4. The van der Waals surface area contributed by atoms with Crippen molar-refractivity contribution in [2.45, 2.75) is 166 Å². The highest BCUT2D eigenvalue weighted by Gasteiger charge is 2.71. The van der Waals surface area contributed by atoms with Crippen molar-refractivity contribution in [2.75, 3.05) is 19.7 Å². The van der Waals surface area contributed by atoms with Crippen LogP contribution in [0, 0.1) is 40.4 Å². The highest BCUT2D eigenvalue weighted by molar-refractivity contribution is 6.00. The SMILES string of the molecule is CCCCCCC1COC(C(O)C(C)(O)C2CCC3(O)C4=C(NCC(C)O)C(=O)C5CC(O)C(O)CC5(CCCC5=CCNC(N)=C5)C4CCC23C)C1C. The highest BCUT2D eigenvalue weighted by atomic mass is 16.5. The molecule has 0 radical (unpaired) electrons. The topological polar surface area (TPSA) is 198 Å². The Balaban J connectivity index is 1.33. The molecule has 2 aliphatic heterocycles. The van der Waals surface area contributed by atoms with Crippen LogP contribution in [0.5, 0.6) is 0 Å². The lowest BCUT2D eigenvalue weighted by Crippen LogP contribution is -2.65. The van der Waals surface area contributed by atoms with E-state index in [2.05, 4.69) is 30.6 Å². The number of fused-ring (bicyclic) bond motifs is 5. The first-order valence-electron chi connectivity index (χ1n) is 21.2. The second-order valence-electron chi connectivity index (χ2n) is 18.8. The van der Waals surface area contributed by atoms with Gasteiger partial charge in [0.2, 0.25) is 0 Å². The summed E-state index contributed by atoms with van der Waals surface area (Å²) >= 11 is 0. The summed E-state index contributed by atoms with van der Waals surface area (Å²) in [5.41, 5.74) is 3.43. The molecule has 4 aliphatic carbocycles. The van der Waals surface area contributed by atoms with Crippen molar-refractivity contribution in [2.24, 2.45) is 46.2 Å². The van der Waals surface area contributed by atoms with E-state index in [0.29, 0.717) is 68.3 Å². The molecule has 6 aliphatic rings.